The molecule has 92 valence electrons. The summed E-state index contributed by atoms with van der Waals surface area (Å²) in [5, 5.41) is 3.55. The summed E-state index contributed by atoms with van der Waals surface area (Å²) in [5.74, 6) is 0. The van der Waals surface area contributed by atoms with Gasteiger partial charge in [0.2, 0.25) is 0 Å². The molecule has 0 amide bonds. The maximum absolute atomic E-state index is 12.8. The second kappa shape index (κ2) is 3.41. The number of rotatable bonds is 0. The monoisotopic (exact) mass is 244 g/mol. The highest BCUT2D eigenvalue weighted by molar-refractivity contribution is 5.77. The lowest BCUT2D eigenvalue weighted by molar-refractivity contribution is -0.140. The number of aromatic nitrogens is 4. The molecular weight excluding hydrogens is 233 g/mol. The SMILES string of the molecule is CC(C)(C)n1nc(C(F)(F)F)c2cncnc21. The molecule has 0 radical (unpaired) electrons. The summed E-state index contributed by atoms with van der Waals surface area (Å²) in [6.45, 7) is 5.30. The van der Waals surface area contributed by atoms with E-state index in [1.54, 1.807) is 20.8 Å². The maximum atomic E-state index is 12.8. The van der Waals surface area contributed by atoms with Gasteiger partial charge in [-0.25, -0.2) is 14.6 Å². The highest BCUT2D eigenvalue weighted by Gasteiger charge is 2.38. The van der Waals surface area contributed by atoms with Crippen molar-refractivity contribution in [2.24, 2.45) is 0 Å². The van der Waals surface area contributed by atoms with Gasteiger partial charge in [0, 0.05) is 6.20 Å². The molecule has 0 bridgehead atoms. The molecule has 0 aliphatic rings. The molecule has 0 aliphatic carbocycles. The van der Waals surface area contributed by atoms with Crippen LogP contribution in [0.5, 0.6) is 0 Å². The minimum Gasteiger partial charge on any atom is -0.244 e. The lowest BCUT2D eigenvalue weighted by atomic mass is 10.1. The molecule has 0 aromatic carbocycles. The number of hydrogen-bond acceptors (Lipinski definition) is 3. The average Bonchev–Trinajstić information content (AvgIpc) is 2.55. The van der Waals surface area contributed by atoms with E-state index in [-0.39, 0.29) is 11.0 Å². The number of halogens is 3. The van der Waals surface area contributed by atoms with Gasteiger partial charge in [0.15, 0.2) is 11.3 Å². The van der Waals surface area contributed by atoms with Crippen LogP contribution in [0.1, 0.15) is 26.5 Å². The Morgan fingerprint density at radius 1 is 1.18 bits per heavy atom. The molecule has 2 rings (SSSR count). The molecule has 0 saturated carbocycles. The van der Waals surface area contributed by atoms with E-state index in [0.717, 1.165) is 6.20 Å². The molecule has 0 aliphatic heterocycles. The molecule has 0 fully saturated rings. The van der Waals surface area contributed by atoms with Gasteiger partial charge in [0.25, 0.3) is 0 Å². The van der Waals surface area contributed by atoms with Gasteiger partial charge in [-0.1, -0.05) is 0 Å². The lowest BCUT2D eigenvalue weighted by Gasteiger charge is -2.19. The number of hydrogen-bond donors (Lipinski definition) is 0. The Bertz CT molecular complexity index is 503. The standard InChI is InChI=1S/C10H11F3N4/c1-9(2,3)17-8-6(4-14-5-15-8)7(16-17)10(11,12)13/h4-5H,1-3H3. The van der Waals surface area contributed by atoms with Gasteiger partial charge in [-0.05, 0) is 20.8 Å². The van der Waals surface area contributed by atoms with Crippen molar-refractivity contribution in [3.8, 4) is 0 Å². The number of nitrogens with zero attached hydrogens (tertiary/aromatic N) is 4. The predicted octanol–water partition coefficient (Wildman–Crippen LogP) is 2.60. The minimum atomic E-state index is -4.50. The molecule has 17 heavy (non-hydrogen) atoms. The average molecular weight is 244 g/mol. The highest BCUT2D eigenvalue weighted by Crippen LogP contribution is 2.34. The van der Waals surface area contributed by atoms with Crippen molar-refractivity contribution >= 4 is 11.0 Å². The summed E-state index contributed by atoms with van der Waals surface area (Å²) in [6, 6.07) is 0. The van der Waals surface area contributed by atoms with Crippen LogP contribution in [0.15, 0.2) is 12.5 Å². The van der Waals surface area contributed by atoms with Crippen molar-refractivity contribution in [2.75, 3.05) is 0 Å². The van der Waals surface area contributed by atoms with E-state index in [1.807, 2.05) is 0 Å². The minimum absolute atomic E-state index is 0.0741. The van der Waals surface area contributed by atoms with Crippen LogP contribution in [0.3, 0.4) is 0 Å². The van der Waals surface area contributed by atoms with Gasteiger partial charge in [0.05, 0.1) is 10.9 Å². The van der Waals surface area contributed by atoms with E-state index >= 15 is 0 Å². The Morgan fingerprint density at radius 3 is 2.35 bits per heavy atom. The largest absolute Gasteiger partial charge is 0.435 e. The van der Waals surface area contributed by atoms with Crippen molar-refractivity contribution in [2.45, 2.75) is 32.5 Å². The third kappa shape index (κ3) is 1.96. The van der Waals surface area contributed by atoms with Crippen molar-refractivity contribution in [3.63, 3.8) is 0 Å². The zero-order chi connectivity index (χ0) is 12.8. The maximum Gasteiger partial charge on any atom is 0.435 e. The van der Waals surface area contributed by atoms with Gasteiger partial charge in [-0.2, -0.15) is 18.3 Å². The third-order valence-corrected chi connectivity index (χ3v) is 2.25. The fourth-order valence-corrected chi connectivity index (χ4v) is 1.54. The van der Waals surface area contributed by atoms with Crippen LogP contribution < -0.4 is 0 Å². The first kappa shape index (κ1) is 11.8. The fraction of sp³-hybridized carbons (Fsp3) is 0.500. The zero-order valence-electron chi connectivity index (χ0n) is 9.58. The normalized spacial score (nSPS) is 13.3. The molecule has 2 aromatic rings. The van der Waals surface area contributed by atoms with Gasteiger partial charge in [-0.15, -0.1) is 0 Å². The third-order valence-electron chi connectivity index (χ3n) is 2.25. The Labute approximate surface area is 95.5 Å². The predicted molar refractivity (Wildman–Crippen MR) is 55.3 cm³/mol. The van der Waals surface area contributed by atoms with Crippen molar-refractivity contribution in [1.29, 1.82) is 0 Å². The first-order chi connectivity index (χ1) is 7.71. The molecule has 7 heteroatoms. The molecule has 0 spiro atoms. The van der Waals surface area contributed by atoms with Crippen LogP contribution in [0.4, 0.5) is 13.2 Å². The number of alkyl halides is 3. The van der Waals surface area contributed by atoms with E-state index in [0.29, 0.717) is 0 Å². The van der Waals surface area contributed by atoms with E-state index in [2.05, 4.69) is 15.1 Å². The van der Waals surface area contributed by atoms with Crippen molar-refractivity contribution in [1.82, 2.24) is 19.7 Å². The van der Waals surface area contributed by atoms with Crippen LogP contribution in [0.2, 0.25) is 0 Å². The lowest BCUT2D eigenvalue weighted by Crippen LogP contribution is -2.24. The zero-order valence-corrected chi connectivity index (χ0v) is 9.58. The van der Waals surface area contributed by atoms with Crippen molar-refractivity contribution < 1.29 is 13.2 Å². The van der Waals surface area contributed by atoms with Gasteiger partial charge in [0.1, 0.15) is 6.33 Å². The highest BCUT2D eigenvalue weighted by atomic mass is 19.4. The first-order valence-corrected chi connectivity index (χ1v) is 4.97. The summed E-state index contributed by atoms with van der Waals surface area (Å²) in [5.41, 5.74) is -1.32. The smallest absolute Gasteiger partial charge is 0.244 e. The molecule has 0 N–H and O–H groups in total. The molecule has 0 atom stereocenters. The molecule has 2 heterocycles. The van der Waals surface area contributed by atoms with E-state index in [1.165, 1.54) is 11.0 Å². The van der Waals surface area contributed by atoms with Gasteiger partial charge >= 0.3 is 6.18 Å². The summed E-state index contributed by atoms with van der Waals surface area (Å²) in [4.78, 5) is 7.49. The van der Waals surface area contributed by atoms with Crippen LogP contribution in [-0.2, 0) is 11.7 Å². The van der Waals surface area contributed by atoms with Gasteiger partial charge in [-0.3, -0.25) is 0 Å². The van der Waals surface area contributed by atoms with Crippen LogP contribution >= 0.6 is 0 Å². The first-order valence-electron chi connectivity index (χ1n) is 4.97. The Morgan fingerprint density at radius 2 is 1.82 bits per heavy atom. The topological polar surface area (TPSA) is 43.6 Å². The molecule has 0 unspecified atom stereocenters. The summed E-state index contributed by atoms with van der Waals surface area (Å²) in [6.07, 6.45) is -2.15. The summed E-state index contributed by atoms with van der Waals surface area (Å²) >= 11 is 0. The Balaban J connectivity index is 2.81. The quantitative estimate of drug-likeness (QED) is 0.715. The summed E-state index contributed by atoms with van der Waals surface area (Å²) in [7, 11) is 0. The van der Waals surface area contributed by atoms with Crippen LogP contribution in [0.25, 0.3) is 11.0 Å². The van der Waals surface area contributed by atoms with Crippen molar-refractivity contribution in [3.05, 3.63) is 18.2 Å². The second-order valence-corrected chi connectivity index (χ2v) is 4.69. The van der Waals surface area contributed by atoms with E-state index in [9.17, 15) is 13.2 Å². The second-order valence-electron chi connectivity index (χ2n) is 4.69. The molecule has 4 nitrogen and oxygen atoms in total. The summed E-state index contributed by atoms with van der Waals surface area (Å²) < 4.78 is 39.6. The molecule has 2 aromatic heterocycles. The van der Waals surface area contributed by atoms with Crippen LogP contribution in [-0.4, -0.2) is 19.7 Å². The number of fused-ring (bicyclic) bond motifs is 1. The molecule has 0 saturated heterocycles. The van der Waals surface area contributed by atoms with Gasteiger partial charge < -0.3 is 0 Å². The van der Waals surface area contributed by atoms with E-state index in [4.69, 9.17) is 0 Å². The Hall–Kier alpha value is -1.66. The molecular formula is C10H11F3N4. The Kier molecular flexibility index (Phi) is 2.37. The fourth-order valence-electron chi connectivity index (χ4n) is 1.54. The van der Waals surface area contributed by atoms with E-state index < -0.39 is 17.4 Å². The van der Waals surface area contributed by atoms with Crippen LogP contribution in [0, 0.1) is 0 Å².